The Balaban J connectivity index is 3.57. The molecule has 7 nitrogen and oxygen atoms in total. The molecule has 19 heavy (non-hydrogen) atoms. The molecule has 0 rings (SSSR count). The van der Waals surface area contributed by atoms with Gasteiger partial charge in [0.15, 0.2) is 0 Å². The van der Waals surface area contributed by atoms with Crippen LogP contribution in [-0.4, -0.2) is 54.8 Å². The zero-order valence-electron chi connectivity index (χ0n) is 11.3. The van der Waals surface area contributed by atoms with Crippen LogP contribution >= 0.6 is 0 Å². The fraction of sp³-hybridized carbons (Fsp3) is 1.00. The molecule has 0 spiro atoms. The van der Waals surface area contributed by atoms with Crippen molar-refractivity contribution in [3.05, 3.63) is 0 Å². The van der Waals surface area contributed by atoms with Crippen LogP contribution in [0.25, 0.3) is 0 Å². The number of ether oxygens (including phenoxy) is 1. The summed E-state index contributed by atoms with van der Waals surface area (Å²) in [5, 5.41) is 0. The van der Waals surface area contributed by atoms with Crippen LogP contribution in [0, 0.1) is 0 Å². The molecule has 0 aromatic carbocycles. The second-order valence-corrected chi connectivity index (χ2v) is 7.30. The molecule has 0 amide bonds. The lowest BCUT2D eigenvalue weighted by molar-refractivity contribution is 0.0794. The van der Waals surface area contributed by atoms with Crippen LogP contribution in [0.2, 0.25) is 0 Å². The first-order chi connectivity index (χ1) is 8.83. The van der Waals surface area contributed by atoms with Crippen molar-refractivity contribution in [2.75, 3.05) is 37.9 Å². The van der Waals surface area contributed by atoms with Crippen LogP contribution in [-0.2, 0) is 33.3 Å². The molecule has 0 saturated carbocycles. The lowest BCUT2D eigenvalue weighted by Crippen LogP contribution is -2.17. The third kappa shape index (κ3) is 11.3. The van der Waals surface area contributed by atoms with Gasteiger partial charge < -0.3 is 4.74 Å². The molecular formula is C10H22O7S2. The van der Waals surface area contributed by atoms with E-state index in [0.717, 1.165) is 0 Å². The van der Waals surface area contributed by atoms with E-state index < -0.39 is 20.2 Å². The van der Waals surface area contributed by atoms with E-state index in [0.29, 0.717) is 12.8 Å². The SMILES string of the molecule is CCCS(=O)(=O)OCCOCCOS(=O)(=O)CCC. The predicted molar refractivity (Wildman–Crippen MR) is 70.9 cm³/mol. The highest BCUT2D eigenvalue weighted by Crippen LogP contribution is 1.97. The minimum absolute atomic E-state index is 0.0224. The normalized spacial score (nSPS) is 12.7. The largest absolute Gasteiger partial charge is 0.377 e. The van der Waals surface area contributed by atoms with Crippen LogP contribution in [0.1, 0.15) is 26.7 Å². The molecule has 0 bridgehead atoms. The van der Waals surface area contributed by atoms with Gasteiger partial charge in [0.1, 0.15) is 0 Å². The molecular weight excluding hydrogens is 296 g/mol. The van der Waals surface area contributed by atoms with Crippen molar-refractivity contribution in [3.8, 4) is 0 Å². The number of hydrogen-bond acceptors (Lipinski definition) is 7. The molecule has 0 aliphatic rings. The predicted octanol–water partition coefficient (Wildman–Crippen LogP) is 0.516. The second kappa shape index (κ2) is 9.65. The van der Waals surface area contributed by atoms with Gasteiger partial charge in [-0.05, 0) is 12.8 Å². The first-order valence-corrected chi connectivity index (χ1v) is 9.30. The van der Waals surface area contributed by atoms with Crippen molar-refractivity contribution in [1.29, 1.82) is 0 Å². The molecule has 0 aromatic heterocycles. The fourth-order valence-corrected chi connectivity index (χ4v) is 3.04. The van der Waals surface area contributed by atoms with Crippen molar-refractivity contribution in [2.45, 2.75) is 26.7 Å². The summed E-state index contributed by atoms with van der Waals surface area (Å²) in [4.78, 5) is 0. The van der Waals surface area contributed by atoms with E-state index in [-0.39, 0.29) is 37.9 Å². The number of rotatable bonds is 12. The number of hydrogen-bond donors (Lipinski definition) is 0. The Morgan fingerprint density at radius 3 is 1.37 bits per heavy atom. The van der Waals surface area contributed by atoms with Crippen LogP contribution in [0.4, 0.5) is 0 Å². The third-order valence-corrected chi connectivity index (χ3v) is 4.76. The Morgan fingerprint density at radius 1 is 0.684 bits per heavy atom. The summed E-state index contributed by atoms with van der Waals surface area (Å²) >= 11 is 0. The summed E-state index contributed by atoms with van der Waals surface area (Å²) in [6, 6.07) is 0. The quantitative estimate of drug-likeness (QED) is 0.382. The maximum absolute atomic E-state index is 11.1. The average molecular weight is 318 g/mol. The average Bonchev–Trinajstić information content (AvgIpc) is 2.27. The Hall–Kier alpha value is -0.220. The highest BCUT2D eigenvalue weighted by atomic mass is 32.2. The van der Waals surface area contributed by atoms with Gasteiger partial charge in [0.25, 0.3) is 20.2 Å². The van der Waals surface area contributed by atoms with Gasteiger partial charge in [-0.15, -0.1) is 0 Å². The van der Waals surface area contributed by atoms with E-state index in [2.05, 4.69) is 8.37 Å². The zero-order valence-corrected chi connectivity index (χ0v) is 13.0. The van der Waals surface area contributed by atoms with Gasteiger partial charge in [-0.1, -0.05) is 13.8 Å². The van der Waals surface area contributed by atoms with Crippen molar-refractivity contribution in [3.63, 3.8) is 0 Å². The van der Waals surface area contributed by atoms with Crippen molar-refractivity contribution in [1.82, 2.24) is 0 Å². The first-order valence-electron chi connectivity index (χ1n) is 6.15. The molecule has 0 saturated heterocycles. The molecule has 0 unspecified atom stereocenters. The molecule has 116 valence electrons. The lowest BCUT2D eigenvalue weighted by atomic mass is 10.6. The van der Waals surface area contributed by atoms with Crippen molar-refractivity contribution in [2.24, 2.45) is 0 Å². The minimum Gasteiger partial charge on any atom is -0.377 e. The minimum atomic E-state index is -3.46. The molecule has 0 radical (unpaired) electrons. The highest BCUT2D eigenvalue weighted by molar-refractivity contribution is 7.86. The van der Waals surface area contributed by atoms with Gasteiger partial charge in [-0.2, -0.15) is 16.8 Å². The fourth-order valence-electron chi connectivity index (χ4n) is 1.16. The molecule has 0 atom stereocenters. The molecule has 0 heterocycles. The maximum atomic E-state index is 11.1. The molecule has 0 aromatic rings. The summed E-state index contributed by atoms with van der Waals surface area (Å²) < 4.78 is 58.9. The summed E-state index contributed by atoms with van der Waals surface area (Å²) in [5.41, 5.74) is 0. The molecule has 9 heteroatoms. The van der Waals surface area contributed by atoms with E-state index in [9.17, 15) is 16.8 Å². The first kappa shape index (κ1) is 18.8. The molecule has 0 N–H and O–H groups in total. The second-order valence-electron chi connectivity index (χ2n) is 3.78. The Bertz CT molecular complexity index is 373. The summed E-state index contributed by atoms with van der Waals surface area (Å²) in [7, 11) is -6.92. The standard InChI is InChI=1S/C10H22O7S2/c1-3-9-18(11,12)16-7-5-15-6-8-17-19(13,14)10-4-2/h3-10H2,1-2H3. The van der Waals surface area contributed by atoms with E-state index >= 15 is 0 Å². The molecule has 0 aliphatic heterocycles. The van der Waals surface area contributed by atoms with Crippen LogP contribution in [0.5, 0.6) is 0 Å². The van der Waals surface area contributed by atoms with Crippen LogP contribution in [0.3, 0.4) is 0 Å². The molecule has 0 aliphatic carbocycles. The highest BCUT2D eigenvalue weighted by Gasteiger charge is 2.10. The van der Waals surface area contributed by atoms with Crippen molar-refractivity contribution < 1.29 is 29.9 Å². The zero-order chi connectivity index (χ0) is 14.8. The topological polar surface area (TPSA) is 96.0 Å². The smallest absolute Gasteiger partial charge is 0.267 e. The third-order valence-electron chi connectivity index (χ3n) is 1.89. The summed E-state index contributed by atoms with van der Waals surface area (Å²) in [6.45, 7) is 3.46. The van der Waals surface area contributed by atoms with E-state index in [1.54, 1.807) is 13.8 Å². The van der Waals surface area contributed by atoms with Gasteiger partial charge in [-0.3, -0.25) is 8.37 Å². The summed E-state index contributed by atoms with van der Waals surface area (Å²) in [6.07, 6.45) is 0.985. The lowest BCUT2D eigenvalue weighted by Gasteiger charge is -2.06. The van der Waals surface area contributed by atoms with Gasteiger partial charge >= 0.3 is 0 Å². The van der Waals surface area contributed by atoms with Gasteiger partial charge in [0.2, 0.25) is 0 Å². The van der Waals surface area contributed by atoms with Crippen molar-refractivity contribution >= 4 is 20.2 Å². The Labute approximate surface area is 115 Å². The summed E-state index contributed by atoms with van der Waals surface area (Å²) in [5.74, 6) is -0.0449. The van der Waals surface area contributed by atoms with E-state index in [1.807, 2.05) is 0 Å². The monoisotopic (exact) mass is 318 g/mol. The maximum Gasteiger partial charge on any atom is 0.267 e. The van der Waals surface area contributed by atoms with Crippen LogP contribution in [0.15, 0.2) is 0 Å². The molecule has 0 fully saturated rings. The van der Waals surface area contributed by atoms with E-state index in [4.69, 9.17) is 4.74 Å². The van der Waals surface area contributed by atoms with Gasteiger partial charge in [0.05, 0.1) is 37.9 Å². The van der Waals surface area contributed by atoms with E-state index in [1.165, 1.54) is 0 Å². The Kier molecular flexibility index (Phi) is 9.54. The van der Waals surface area contributed by atoms with Crippen LogP contribution < -0.4 is 0 Å². The van der Waals surface area contributed by atoms with Gasteiger partial charge in [-0.25, -0.2) is 0 Å². The van der Waals surface area contributed by atoms with Gasteiger partial charge in [0, 0.05) is 0 Å². The Morgan fingerprint density at radius 2 is 1.05 bits per heavy atom.